The van der Waals surface area contributed by atoms with Crippen molar-refractivity contribution < 1.29 is 19.4 Å². The minimum atomic E-state index is -0.923. The molecule has 0 saturated heterocycles. The van der Waals surface area contributed by atoms with Gasteiger partial charge in [-0.1, -0.05) is 30.3 Å². The first kappa shape index (κ1) is 19.0. The van der Waals surface area contributed by atoms with Crippen LogP contribution in [-0.2, 0) is 16.0 Å². The molecule has 0 saturated carbocycles. The summed E-state index contributed by atoms with van der Waals surface area (Å²) in [5, 5.41) is 14.8. The van der Waals surface area contributed by atoms with Crippen molar-refractivity contribution in [2.45, 2.75) is 51.3 Å². The van der Waals surface area contributed by atoms with Gasteiger partial charge in [-0.25, -0.2) is 4.79 Å². The van der Waals surface area contributed by atoms with Gasteiger partial charge < -0.3 is 20.5 Å². The van der Waals surface area contributed by atoms with Crippen LogP contribution in [0.2, 0.25) is 0 Å². The number of benzene rings is 1. The number of alkyl carbamates (subject to hydrolysis) is 1. The number of hydrogen-bond acceptors (Lipinski definition) is 4. The van der Waals surface area contributed by atoms with Gasteiger partial charge in [0.05, 0.1) is 12.5 Å². The first-order valence-corrected chi connectivity index (χ1v) is 7.64. The Morgan fingerprint density at radius 2 is 1.78 bits per heavy atom. The van der Waals surface area contributed by atoms with Gasteiger partial charge >= 0.3 is 12.1 Å². The highest BCUT2D eigenvalue weighted by molar-refractivity contribution is 5.70. The molecule has 0 aliphatic rings. The number of likely N-dealkylation sites (N-methyl/N-ethyl adjacent to an activating group) is 1. The van der Waals surface area contributed by atoms with Crippen molar-refractivity contribution in [2.24, 2.45) is 0 Å². The Bertz CT molecular complexity index is 511. The number of ether oxygens (including phenoxy) is 1. The minimum Gasteiger partial charge on any atom is -0.481 e. The number of carboxylic acids is 1. The van der Waals surface area contributed by atoms with Gasteiger partial charge in [0.2, 0.25) is 0 Å². The smallest absolute Gasteiger partial charge is 0.407 e. The second-order valence-corrected chi connectivity index (χ2v) is 6.44. The SMILES string of the molecule is CN[C@@H](CC(=O)O)[C@H](Cc1ccccc1)NC(=O)OC(C)(C)C. The topological polar surface area (TPSA) is 87.7 Å². The number of carbonyl (C=O) groups excluding carboxylic acids is 1. The van der Waals surface area contributed by atoms with Crippen molar-refractivity contribution in [1.29, 1.82) is 0 Å². The van der Waals surface area contributed by atoms with E-state index in [-0.39, 0.29) is 6.42 Å². The van der Waals surface area contributed by atoms with E-state index in [4.69, 9.17) is 9.84 Å². The first-order valence-electron chi connectivity index (χ1n) is 7.64. The molecule has 6 nitrogen and oxygen atoms in total. The Morgan fingerprint density at radius 3 is 2.26 bits per heavy atom. The summed E-state index contributed by atoms with van der Waals surface area (Å²) < 4.78 is 5.28. The van der Waals surface area contributed by atoms with Crippen LogP contribution in [0.1, 0.15) is 32.8 Å². The summed E-state index contributed by atoms with van der Waals surface area (Å²) in [6.45, 7) is 5.35. The lowest BCUT2D eigenvalue weighted by Gasteiger charge is -2.28. The number of nitrogens with one attached hydrogen (secondary N) is 2. The third-order valence-corrected chi connectivity index (χ3v) is 3.25. The van der Waals surface area contributed by atoms with E-state index in [1.165, 1.54) is 0 Å². The quantitative estimate of drug-likeness (QED) is 0.716. The molecule has 0 heterocycles. The molecule has 0 unspecified atom stereocenters. The molecule has 1 aromatic carbocycles. The van der Waals surface area contributed by atoms with Crippen LogP contribution >= 0.6 is 0 Å². The van der Waals surface area contributed by atoms with Crippen LogP contribution in [0.3, 0.4) is 0 Å². The normalized spacial score (nSPS) is 13.9. The van der Waals surface area contributed by atoms with E-state index >= 15 is 0 Å². The molecule has 3 N–H and O–H groups in total. The molecule has 1 amide bonds. The average molecular weight is 322 g/mol. The molecular weight excluding hydrogens is 296 g/mol. The highest BCUT2D eigenvalue weighted by Crippen LogP contribution is 2.11. The molecule has 0 aliphatic heterocycles. The van der Waals surface area contributed by atoms with Gasteiger partial charge in [-0.15, -0.1) is 0 Å². The number of amides is 1. The summed E-state index contributed by atoms with van der Waals surface area (Å²) in [6.07, 6.45) is -0.132. The number of carboxylic acid groups (broad SMARTS) is 1. The van der Waals surface area contributed by atoms with E-state index in [1.54, 1.807) is 27.8 Å². The summed E-state index contributed by atoms with van der Waals surface area (Å²) in [6, 6.07) is 8.81. The average Bonchev–Trinajstić information content (AvgIpc) is 2.43. The Kier molecular flexibility index (Phi) is 7.03. The predicted molar refractivity (Wildman–Crippen MR) is 88.4 cm³/mol. The Balaban J connectivity index is 2.86. The molecule has 0 radical (unpaired) electrons. The van der Waals surface area contributed by atoms with Crippen molar-refractivity contribution in [3.63, 3.8) is 0 Å². The van der Waals surface area contributed by atoms with E-state index in [0.717, 1.165) is 5.56 Å². The predicted octanol–water partition coefficient (Wildman–Crippen LogP) is 2.19. The molecule has 128 valence electrons. The van der Waals surface area contributed by atoms with Crippen molar-refractivity contribution in [1.82, 2.24) is 10.6 Å². The monoisotopic (exact) mass is 322 g/mol. The zero-order valence-corrected chi connectivity index (χ0v) is 14.1. The van der Waals surface area contributed by atoms with E-state index in [2.05, 4.69) is 10.6 Å². The molecule has 0 aliphatic carbocycles. The van der Waals surface area contributed by atoms with Crippen LogP contribution in [-0.4, -0.2) is 41.9 Å². The van der Waals surface area contributed by atoms with Gasteiger partial charge in [-0.05, 0) is 39.8 Å². The maximum Gasteiger partial charge on any atom is 0.407 e. The van der Waals surface area contributed by atoms with Gasteiger partial charge in [0.1, 0.15) is 5.60 Å². The largest absolute Gasteiger partial charge is 0.481 e. The standard InChI is InChI=1S/C17H26N2O4/c1-17(2,3)23-16(22)19-14(13(18-4)11-15(20)21)10-12-8-6-5-7-9-12/h5-9,13-14,18H,10-11H2,1-4H3,(H,19,22)(H,20,21)/t13-,14-/m0/s1. The number of rotatable bonds is 7. The molecule has 0 fully saturated rings. The van der Waals surface area contributed by atoms with Gasteiger partial charge in [-0.2, -0.15) is 0 Å². The number of carbonyl (C=O) groups is 2. The molecule has 1 aromatic rings. The van der Waals surface area contributed by atoms with Crippen molar-refractivity contribution in [3.8, 4) is 0 Å². The van der Waals surface area contributed by atoms with Crippen LogP contribution in [0.15, 0.2) is 30.3 Å². The summed E-state index contributed by atoms with van der Waals surface area (Å²) in [5.41, 5.74) is 0.405. The second-order valence-electron chi connectivity index (χ2n) is 6.44. The molecule has 0 bridgehead atoms. The molecular formula is C17H26N2O4. The lowest BCUT2D eigenvalue weighted by Crippen LogP contribution is -2.52. The maximum absolute atomic E-state index is 12.1. The van der Waals surface area contributed by atoms with Crippen LogP contribution in [0, 0.1) is 0 Å². The summed E-state index contributed by atoms with van der Waals surface area (Å²) in [5.74, 6) is -0.923. The van der Waals surface area contributed by atoms with Gasteiger partial charge in [-0.3, -0.25) is 4.79 Å². The Morgan fingerprint density at radius 1 is 1.17 bits per heavy atom. The van der Waals surface area contributed by atoms with Crippen LogP contribution in [0.5, 0.6) is 0 Å². The van der Waals surface area contributed by atoms with Gasteiger partial charge in [0, 0.05) is 6.04 Å². The summed E-state index contributed by atoms with van der Waals surface area (Å²) in [7, 11) is 1.68. The van der Waals surface area contributed by atoms with Crippen molar-refractivity contribution in [2.75, 3.05) is 7.05 Å². The molecule has 1 rings (SSSR count). The second kappa shape index (κ2) is 8.53. The molecule has 2 atom stereocenters. The van der Waals surface area contributed by atoms with Crippen LogP contribution in [0.4, 0.5) is 4.79 Å². The van der Waals surface area contributed by atoms with E-state index in [9.17, 15) is 9.59 Å². The van der Waals surface area contributed by atoms with Crippen molar-refractivity contribution >= 4 is 12.1 Å². The lowest BCUT2D eigenvalue weighted by atomic mass is 9.97. The van der Waals surface area contributed by atoms with E-state index < -0.39 is 29.7 Å². The van der Waals surface area contributed by atoms with Crippen LogP contribution in [0.25, 0.3) is 0 Å². The number of aliphatic carboxylic acids is 1. The molecule has 23 heavy (non-hydrogen) atoms. The summed E-state index contributed by atoms with van der Waals surface area (Å²) >= 11 is 0. The number of hydrogen-bond donors (Lipinski definition) is 3. The van der Waals surface area contributed by atoms with E-state index in [0.29, 0.717) is 6.42 Å². The fraction of sp³-hybridized carbons (Fsp3) is 0.529. The Hall–Kier alpha value is -2.08. The summed E-state index contributed by atoms with van der Waals surface area (Å²) in [4.78, 5) is 23.1. The molecule has 0 spiro atoms. The fourth-order valence-corrected chi connectivity index (χ4v) is 2.25. The van der Waals surface area contributed by atoms with Crippen LogP contribution < -0.4 is 10.6 Å². The Labute approximate surface area is 137 Å². The lowest BCUT2D eigenvalue weighted by molar-refractivity contribution is -0.137. The maximum atomic E-state index is 12.1. The zero-order chi connectivity index (χ0) is 17.5. The third kappa shape index (κ3) is 7.65. The highest BCUT2D eigenvalue weighted by atomic mass is 16.6. The van der Waals surface area contributed by atoms with Gasteiger partial charge in [0.25, 0.3) is 0 Å². The molecule has 6 heteroatoms. The highest BCUT2D eigenvalue weighted by Gasteiger charge is 2.26. The van der Waals surface area contributed by atoms with Gasteiger partial charge in [0.15, 0.2) is 0 Å². The first-order chi connectivity index (χ1) is 10.7. The zero-order valence-electron chi connectivity index (χ0n) is 14.1. The third-order valence-electron chi connectivity index (χ3n) is 3.25. The molecule has 0 aromatic heterocycles. The van der Waals surface area contributed by atoms with E-state index in [1.807, 2.05) is 30.3 Å². The van der Waals surface area contributed by atoms with Crippen molar-refractivity contribution in [3.05, 3.63) is 35.9 Å². The fourth-order valence-electron chi connectivity index (χ4n) is 2.25. The minimum absolute atomic E-state index is 0.0935.